The summed E-state index contributed by atoms with van der Waals surface area (Å²) in [5.41, 5.74) is 1.19. The van der Waals surface area contributed by atoms with Gasteiger partial charge in [-0.05, 0) is 24.8 Å². The molecule has 2 atom stereocenters. The van der Waals surface area contributed by atoms with Gasteiger partial charge in [0.05, 0.1) is 6.04 Å². The van der Waals surface area contributed by atoms with Gasteiger partial charge in [-0.25, -0.2) is 0 Å². The van der Waals surface area contributed by atoms with Crippen LogP contribution in [0.15, 0.2) is 24.0 Å². The average Bonchev–Trinajstić information content (AvgIpc) is 2.37. The number of fused-ring (bicyclic) bond motifs is 1. The molecule has 0 aromatic carbocycles. The molecule has 64 valence electrons. The van der Waals surface area contributed by atoms with Crippen molar-refractivity contribution < 1.29 is 4.79 Å². The molecule has 1 fully saturated rings. The van der Waals surface area contributed by atoms with Gasteiger partial charge in [-0.3, -0.25) is 0 Å². The Labute approximate surface area is 71.5 Å². The van der Waals surface area contributed by atoms with E-state index in [0.717, 1.165) is 19.3 Å². The van der Waals surface area contributed by atoms with Crippen LogP contribution in [0.1, 0.15) is 6.42 Å². The smallest absolute Gasteiger partial charge is 0.142 e. The van der Waals surface area contributed by atoms with Crippen LogP contribution < -0.4 is 10.6 Å². The minimum absolute atomic E-state index is 0.0227. The molecule has 2 heterocycles. The van der Waals surface area contributed by atoms with Crippen molar-refractivity contribution in [2.45, 2.75) is 12.5 Å². The van der Waals surface area contributed by atoms with Crippen molar-refractivity contribution in [3.8, 4) is 0 Å². The highest BCUT2D eigenvalue weighted by Gasteiger charge is 2.27. The first kappa shape index (κ1) is 7.40. The second-order valence-corrected chi connectivity index (χ2v) is 3.21. The third-order valence-electron chi connectivity index (χ3n) is 2.35. The molecule has 3 nitrogen and oxygen atoms in total. The molecule has 2 unspecified atom stereocenters. The Morgan fingerprint density at radius 3 is 3.33 bits per heavy atom. The van der Waals surface area contributed by atoms with Crippen LogP contribution in [0.25, 0.3) is 0 Å². The number of carbonyl (C=O) groups excluding carboxylic acids is 1. The number of carbonyl (C=O) groups is 1. The number of rotatable bonds is 1. The molecule has 0 spiro atoms. The van der Waals surface area contributed by atoms with Crippen LogP contribution in [0.2, 0.25) is 0 Å². The summed E-state index contributed by atoms with van der Waals surface area (Å²) >= 11 is 0. The number of hydrogen-bond acceptors (Lipinski definition) is 3. The summed E-state index contributed by atoms with van der Waals surface area (Å²) in [4.78, 5) is 10.5. The van der Waals surface area contributed by atoms with Crippen LogP contribution in [0.5, 0.6) is 0 Å². The third kappa shape index (κ3) is 1.22. The first-order chi connectivity index (χ1) is 5.90. The van der Waals surface area contributed by atoms with Gasteiger partial charge in [-0.2, -0.15) is 0 Å². The van der Waals surface area contributed by atoms with Crippen LogP contribution in [-0.4, -0.2) is 18.9 Å². The molecule has 2 aliphatic rings. The van der Waals surface area contributed by atoms with Gasteiger partial charge in [0.2, 0.25) is 0 Å². The maximum absolute atomic E-state index is 10.5. The van der Waals surface area contributed by atoms with E-state index in [9.17, 15) is 4.79 Å². The molecule has 1 saturated heterocycles. The molecule has 0 radical (unpaired) electrons. The zero-order valence-corrected chi connectivity index (χ0v) is 6.79. The highest BCUT2D eigenvalue weighted by atomic mass is 16.1. The average molecular weight is 164 g/mol. The van der Waals surface area contributed by atoms with Crippen LogP contribution >= 0.6 is 0 Å². The molecule has 3 heteroatoms. The van der Waals surface area contributed by atoms with E-state index in [1.807, 2.05) is 18.4 Å². The molecule has 2 rings (SSSR count). The number of aldehydes is 1. The van der Waals surface area contributed by atoms with Crippen LogP contribution in [-0.2, 0) is 4.79 Å². The minimum atomic E-state index is 0.0227. The van der Waals surface area contributed by atoms with E-state index in [2.05, 4.69) is 10.6 Å². The van der Waals surface area contributed by atoms with E-state index < -0.39 is 0 Å². The lowest BCUT2D eigenvalue weighted by molar-refractivity contribution is -0.109. The minimum Gasteiger partial charge on any atom is -0.390 e. The quantitative estimate of drug-likeness (QED) is 0.543. The lowest BCUT2D eigenvalue weighted by Crippen LogP contribution is -2.21. The molecule has 0 aromatic heterocycles. The Morgan fingerprint density at radius 2 is 2.50 bits per heavy atom. The SMILES string of the molecule is O=CC1CC2CNC=CC=C2N1. The van der Waals surface area contributed by atoms with Crippen LogP contribution in [0.3, 0.4) is 0 Å². The van der Waals surface area contributed by atoms with Crippen molar-refractivity contribution in [1.82, 2.24) is 10.6 Å². The van der Waals surface area contributed by atoms with E-state index in [1.54, 1.807) is 0 Å². The van der Waals surface area contributed by atoms with Gasteiger partial charge in [0, 0.05) is 18.2 Å². The second kappa shape index (κ2) is 3.01. The summed E-state index contributed by atoms with van der Waals surface area (Å²) in [5.74, 6) is 0.482. The van der Waals surface area contributed by atoms with Crippen molar-refractivity contribution in [3.63, 3.8) is 0 Å². The summed E-state index contributed by atoms with van der Waals surface area (Å²) in [7, 11) is 0. The van der Waals surface area contributed by atoms with Crippen molar-refractivity contribution in [2.24, 2.45) is 5.92 Å². The van der Waals surface area contributed by atoms with Gasteiger partial charge in [-0.15, -0.1) is 0 Å². The molecule has 2 N–H and O–H groups in total. The fourth-order valence-electron chi connectivity index (χ4n) is 1.72. The Hall–Kier alpha value is -1.25. The molecule has 0 amide bonds. The van der Waals surface area contributed by atoms with E-state index in [0.29, 0.717) is 5.92 Å². The van der Waals surface area contributed by atoms with Gasteiger partial charge in [0.15, 0.2) is 0 Å². The summed E-state index contributed by atoms with van der Waals surface area (Å²) in [6.07, 6.45) is 7.84. The van der Waals surface area contributed by atoms with Crippen molar-refractivity contribution in [2.75, 3.05) is 6.54 Å². The van der Waals surface area contributed by atoms with Gasteiger partial charge < -0.3 is 15.4 Å². The molecule has 2 aliphatic heterocycles. The Kier molecular flexibility index (Phi) is 1.86. The molecule has 12 heavy (non-hydrogen) atoms. The van der Waals surface area contributed by atoms with Gasteiger partial charge in [0.1, 0.15) is 6.29 Å². The number of allylic oxidation sites excluding steroid dienone is 2. The highest BCUT2D eigenvalue weighted by molar-refractivity contribution is 5.59. The molecule has 0 aromatic rings. The first-order valence-corrected chi connectivity index (χ1v) is 4.22. The Balaban J connectivity index is 2.14. The number of nitrogens with one attached hydrogen (secondary N) is 2. The lowest BCUT2D eigenvalue weighted by Gasteiger charge is -2.07. The van der Waals surface area contributed by atoms with Crippen LogP contribution in [0, 0.1) is 5.92 Å². The summed E-state index contributed by atoms with van der Waals surface area (Å²) in [6.45, 7) is 0.930. The van der Waals surface area contributed by atoms with Gasteiger partial charge in [0.25, 0.3) is 0 Å². The maximum atomic E-state index is 10.5. The fourth-order valence-corrected chi connectivity index (χ4v) is 1.72. The normalized spacial score (nSPS) is 32.5. The zero-order valence-electron chi connectivity index (χ0n) is 6.79. The summed E-state index contributed by atoms with van der Waals surface area (Å²) < 4.78 is 0. The highest BCUT2D eigenvalue weighted by Crippen LogP contribution is 2.23. The first-order valence-electron chi connectivity index (χ1n) is 4.22. The van der Waals surface area contributed by atoms with Gasteiger partial charge in [-0.1, -0.05) is 0 Å². The molecular formula is C9H12N2O. The topological polar surface area (TPSA) is 41.1 Å². The van der Waals surface area contributed by atoms with E-state index in [4.69, 9.17) is 0 Å². The molecule has 0 saturated carbocycles. The predicted molar refractivity (Wildman–Crippen MR) is 46.3 cm³/mol. The van der Waals surface area contributed by atoms with Crippen molar-refractivity contribution in [3.05, 3.63) is 24.0 Å². The Bertz CT molecular complexity index is 245. The summed E-state index contributed by atoms with van der Waals surface area (Å²) in [6, 6.07) is 0.0227. The lowest BCUT2D eigenvalue weighted by atomic mass is 10.0. The molecular weight excluding hydrogens is 152 g/mol. The predicted octanol–water partition coefficient (Wildman–Crippen LogP) is 0.164. The molecule has 0 bridgehead atoms. The fraction of sp³-hybridized carbons (Fsp3) is 0.444. The monoisotopic (exact) mass is 164 g/mol. The van der Waals surface area contributed by atoms with E-state index in [-0.39, 0.29) is 6.04 Å². The van der Waals surface area contributed by atoms with E-state index >= 15 is 0 Å². The van der Waals surface area contributed by atoms with Crippen LogP contribution in [0.4, 0.5) is 0 Å². The van der Waals surface area contributed by atoms with Gasteiger partial charge >= 0.3 is 0 Å². The van der Waals surface area contributed by atoms with Crippen molar-refractivity contribution >= 4 is 6.29 Å². The standard InChI is InChI=1S/C9H12N2O/c12-6-8-4-7-5-10-3-1-2-9(7)11-8/h1-3,6-8,10-11H,4-5H2. The van der Waals surface area contributed by atoms with Crippen molar-refractivity contribution in [1.29, 1.82) is 0 Å². The number of hydrogen-bond donors (Lipinski definition) is 2. The third-order valence-corrected chi connectivity index (χ3v) is 2.35. The molecule has 0 aliphatic carbocycles. The zero-order chi connectivity index (χ0) is 8.39. The Morgan fingerprint density at radius 1 is 1.58 bits per heavy atom. The second-order valence-electron chi connectivity index (χ2n) is 3.21. The largest absolute Gasteiger partial charge is 0.390 e. The van der Waals surface area contributed by atoms with E-state index in [1.165, 1.54) is 5.70 Å². The summed E-state index contributed by atoms with van der Waals surface area (Å²) in [5, 5.41) is 6.36. The maximum Gasteiger partial charge on any atom is 0.142 e.